The highest BCUT2D eigenvalue weighted by atomic mass is 16.2. The average Bonchev–Trinajstić information content (AvgIpc) is 2.80. The smallest absolute Gasteiger partial charge is 0.287 e. The summed E-state index contributed by atoms with van der Waals surface area (Å²) in [7, 11) is 1.95. The number of hydrogen-bond donors (Lipinski definition) is 2. The van der Waals surface area contributed by atoms with Gasteiger partial charge in [-0.2, -0.15) is 0 Å². The zero-order chi connectivity index (χ0) is 17.9. The van der Waals surface area contributed by atoms with Crippen molar-refractivity contribution in [3.8, 4) is 0 Å². The first kappa shape index (κ1) is 18.9. The molecule has 1 aliphatic carbocycles. The highest BCUT2D eigenvalue weighted by molar-refractivity contribution is 6.37. The van der Waals surface area contributed by atoms with E-state index in [1.54, 1.807) is 0 Å². The summed E-state index contributed by atoms with van der Waals surface area (Å²) >= 11 is 0. The van der Waals surface area contributed by atoms with Gasteiger partial charge in [0.15, 0.2) is 0 Å². The zero-order valence-corrected chi connectivity index (χ0v) is 15.1. The van der Waals surface area contributed by atoms with Gasteiger partial charge in [-0.3, -0.25) is 19.3 Å². The number of nitrogens with two attached hydrogens (primary N) is 1. The molecule has 2 rings (SSSR count). The monoisotopic (exact) mass is 337 g/mol. The van der Waals surface area contributed by atoms with Crippen LogP contribution in [0.4, 0.5) is 0 Å². The number of rotatable bonds is 8. The van der Waals surface area contributed by atoms with Crippen LogP contribution in [0.1, 0.15) is 52.4 Å². The third-order valence-corrected chi connectivity index (χ3v) is 5.41. The molecule has 1 saturated heterocycles. The van der Waals surface area contributed by atoms with Gasteiger partial charge in [0.05, 0.1) is 12.1 Å². The molecule has 0 bridgehead atoms. The van der Waals surface area contributed by atoms with Crippen LogP contribution in [0.15, 0.2) is 0 Å². The molecule has 0 spiro atoms. The van der Waals surface area contributed by atoms with Crippen LogP contribution in [-0.2, 0) is 14.4 Å². The van der Waals surface area contributed by atoms with Crippen molar-refractivity contribution in [1.29, 1.82) is 0 Å². The summed E-state index contributed by atoms with van der Waals surface area (Å²) in [5.41, 5.74) is 5.16. The number of ketones is 1. The molecule has 1 heterocycles. The Balaban J connectivity index is 1.95. The van der Waals surface area contributed by atoms with Crippen LogP contribution in [0.3, 0.4) is 0 Å². The molecule has 3 atom stereocenters. The molecule has 0 aromatic heterocycles. The molecule has 1 aliphatic heterocycles. The van der Waals surface area contributed by atoms with Gasteiger partial charge in [-0.25, -0.2) is 0 Å². The Morgan fingerprint density at radius 1 is 1.17 bits per heavy atom. The summed E-state index contributed by atoms with van der Waals surface area (Å²) in [6.07, 6.45) is 5.69. The molecule has 0 aromatic carbocycles. The summed E-state index contributed by atoms with van der Waals surface area (Å²) < 4.78 is 0. The van der Waals surface area contributed by atoms with Crippen LogP contribution in [0, 0.1) is 17.8 Å². The molecule has 0 aromatic rings. The molecule has 6 heteroatoms. The second kappa shape index (κ2) is 8.10. The summed E-state index contributed by atoms with van der Waals surface area (Å²) in [6, 6.07) is -0.990. The summed E-state index contributed by atoms with van der Waals surface area (Å²) in [5, 5.41) is 2.81. The zero-order valence-electron chi connectivity index (χ0n) is 15.1. The third kappa shape index (κ3) is 4.79. The molecule has 3 N–H and O–H groups in total. The maximum atomic E-state index is 12.7. The van der Waals surface area contributed by atoms with Crippen LogP contribution in [0.5, 0.6) is 0 Å². The van der Waals surface area contributed by atoms with Crippen molar-refractivity contribution >= 4 is 17.6 Å². The molecule has 24 heavy (non-hydrogen) atoms. The molecule has 2 amide bonds. The maximum absolute atomic E-state index is 12.7. The summed E-state index contributed by atoms with van der Waals surface area (Å²) in [4.78, 5) is 38.0. The van der Waals surface area contributed by atoms with Crippen molar-refractivity contribution in [2.24, 2.45) is 23.5 Å². The standard InChI is InChI=1S/C18H31N3O3/c1-11(2)7-13-9-15(21(3)10-13)18(24)20-14(16(22)17(19)23)8-12-5-4-6-12/h11-15H,4-10H2,1-3H3,(H2,19,23)(H,20,24). The van der Waals surface area contributed by atoms with Crippen molar-refractivity contribution < 1.29 is 14.4 Å². The highest BCUT2D eigenvalue weighted by Crippen LogP contribution is 2.31. The average molecular weight is 337 g/mol. The largest absolute Gasteiger partial charge is 0.363 e. The van der Waals surface area contributed by atoms with Crippen molar-refractivity contribution in [1.82, 2.24) is 10.2 Å². The van der Waals surface area contributed by atoms with E-state index in [0.29, 0.717) is 24.2 Å². The lowest BCUT2D eigenvalue weighted by atomic mass is 9.80. The SMILES string of the molecule is CC(C)CC1CC(C(=O)NC(CC2CCC2)C(=O)C(N)=O)N(C)C1. The third-order valence-electron chi connectivity index (χ3n) is 5.41. The Hall–Kier alpha value is -1.43. The van der Waals surface area contributed by atoms with Gasteiger partial charge < -0.3 is 11.1 Å². The first-order valence-corrected chi connectivity index (χ1v) is 9.12. The van der Waals surface area contributed by atoms with Crippen molar-refractivity contribution in [3.63, 3.8) is 0 Å². The number of carbonyl (C=O) groups excluding carboxylic acids is 3. The van der Waals surface area contributed by atoms with E-state index in [-0.39, 0.29) is 11.9 Å². The van der Waals surface area contributed by atoms with E-state index in [2.05, 4.69) is 24.1 Å². The molecule has 1 saturated carbocycles. The lowest BCUT2D eigenvalue weighted by Crippen LogP contribution is -2.52. The predicted octanol–water partition coefficient (Wildman–Crippen LogP) is 1.08. The van der Waals surface area contributed by atoms with E-state index in [4.69, 9.17) is 5.73 Å². The molecular formula is C18H31N3O3. The number of primary amides is 1. The molecule has 6 nitrogen and oxygen atoms in total. The van der Waals surface area contributed by atoms with Gasteiger partial charge in [-0.15, -0.1) is 0 Å². The fraction of sp³-hybridized carbons (Fsp3) is 0.833. The van der Waals surface area contributed by atoms with E-state index in [1.807, 2.05) is 7.05 Å². The first-order chi connectivity index (χ1) is 11.3. The van der Waals surface area contributed by atoms with Gasteiger partial charge in [-0.1, -0.05) is 33.1 Å². The Labute approximate surface area is 144 Å². The summed E-state index contributed by atoms with van der Waals surface area (Å²) in [6.45, 7) is 5.27. The van der Waals surface area contributed by atoms with Gasteiger partial charge in [-0.05, 0) is 44.1 Å². The number of likely N-dealkylation sites (tertiary alicyclic amines) is 1. The fourth-order valence-electron chi connectivity index (χ4n) is 3.98. The quantitative estimate of drug-likeness (QED) is 0.648. The topological polar surface area (TPSA) is 92.5 Å². The minimum absolute atomic E-state index is 0.150. The lowest BCUT2D eigenvalue weighted by molar-refractivity contribution is -0.139. The molecular weight excluding hydrogens is 306 g/mol. The van der Waals surface area contributed by atoms with Crippen molar-refractivity contribution in [2.75, 3.05) is 13.6 Å². The number of likely N-dealkylation sites (N-methyl/N-ethyl adjacent to an activating group) is 1. The first-order valence-electron chi connectivity index (χ1n) is 9.12. The number of nitrogens with one attached hydrogen (secondary N) is 1. The normalized spacial score (nSPS) is 26.2. The molecule has 0 radical (unpaired) electrons. The molecule has 2 fully saturated rings. The van der Waals surface area contributed by atoms with Gasteiger partial charge in [0.1, 0.15) is 0 Å². The number of carbonyl (C=O) groups is 3. The number of nitrogens with zero attached hydrogens (tertiary/aromatic N) is 1. The van der Waals surface area contributed by atoms with Crippen LogP contribution >= 0.6 is 0 Å². The second-order valence-electron chi connectivity index (χ2n) is 8.01. The van der Waals surface area contributed by atoms with Crippen molar-refractivity contribution in [2.45, 2.75) is 64.5 Å². The molecule has 136 valence electrons. The van der Waals surface area contributed by atoms with E-state index < -0.39 is 17.7 Å². The predicted molar refractivity (Wildman–Crippen MR) is 92.1 cm³/mol. The van der Waals surface area contributed by atoms with Gasteiger partial charge in [0, 0.05) is 6.54 Å². The van der Waals surface area contributed by atoms with E-state index in [0.717, 1.165) is 38.6 Å². The number of Topliss-reactive ketones (excluding diaryl/α,β-unsaturated/α-hetero) is 1. The summed E-state index contributed by atoms with van der Waals surface area (Å²) in [5.74, 6) is -0.265. The highest BCUT2D eigenvalue weighted by Gasteiger charge is 2.37. The lowest BCUT2D eigenvalue weighted by Gasteiger charge is -2.30. The van der Waals surface area contributed by atoms with E-state index in [9.17, 15) is 14.4 Å². The van der Waals surface area contributed by atoms with Crippen LogP contribution in [0.2, 0.25) is 0 Å². The van der Waals surface area contributed by atoms with Crippen LogP contribution in [0.25, 0.3) is 0 Å². The van der Waals surface area contributed by atoms with Gasteiger partial charge in [0.2, 0.25) is 11.7 Å². The second-order valence-corrected chi connectivity index (χ2v) is 8.01. The van der Waals surface area contributed by atoms with Gasteiger partial charge >= 0.3 is 0 Å². The molecule has 3 unspecified atom stereocenters. The van der Waals surface area contributed by atoms with E-state index >= 15 is 0 Å². The minimum Gasteiger partial charge on any atom is -0.363 e. The number of hydrogen-bond acceptors (Lipinski definition) is 4. The Kier molecular flexibility index (Phi) is 6.38. The van der Waals surface area contributed by atoms with E-state index in [1.165, 1.54) is 0 Å². The van der Waals surface area contributed by atoms with Crippen molar-refractivity contribution in [3.05, 3.63) is 0 Å². The molecule has 2 aliphatic rings. The van der Waals surface area contributed by atoms with Gasteiger partial charge in [0.25, 0.3) is 5.91 Å². The maximum Gasteiger partial charge on any atom is 0.287 e. The Morgan fingerprint density at radius 2 is 1.83 bits per heavy atom. The van der Waals surface area contributed by atoms with Crippen LogP contribution < -0.4 is 11.1 Å². The number of amides is 2. The Bertz CT molecular complexity index is 488. The Morgan fingerprint density at radius 3 is 2.33 bits per heavy atom. The minimum atomic E-state index is -0.961. The fourth-order valence-corrected chi connectivity index (χ4v) is 3.98. The van der Waals surface area contributed by atoms with Crippen LogP contribution in [-0.4, -0.2) is 48.2 Å².